The summed E-state index contributed by atoms with van der Waals surface area (Å²) in [5.41, 5.74) is 11.5. The smallest absolute Gasteiger partial charge is 0.326 e. The van der Waals surface area contributed by atoms with Gasteiger partial charge in [0.2, 0.25) is 17.8 Å². The minimum absolute atomic E-state index is 0.0483. The van der Waals surface area contributed by atoms with Gasteiger partial charge in [-0.3, -0.25) is 29.0 Å². The molecule has 0 bridgehead atoms. The van der Waals surface area contributed by atoms with E-state index in [0.717, 1.165) is 22.7 Å². The number of carbonyl (C=O) groups is 5. The van der Waals surface area contributed by atoms with Gasteiger partial charge in [-0.15, -0.1) is 0 Å². The summed E-state index contributed by atoms with van der Waals surface area (Å²) in [5.74, 6) is -0.873. The molecule has 0 spiro atoms. The first-order valence-electron chi connectivity index (χ1n) is 20.4. The number of nitrogen functional groups attached to an aromatic ring is 1. The summed E-state index contributed by atoms with van der Waals surface area (Å²) in [6, 6.07) is 8.82. The van der Waals surface area contributed by atoms with Crippen molar-refractivity contribution >= 4 is 85.6 Å². The third-order valence-electron chi connectivity index (χ3n) is 9.94. The highest BCUT2D eigenvalue weighted by Gasteiger charge is 2.23. The predicted molar refractivity (Wildman–Crippen MR) is 249 cm³/mol. The lowest BCUT2D eigenvalue weighted by molar-refractivity contribution is -0.139. The fourth-order valence-corrected chi connectivity index (χ4v) is 8.47. The summed E-state index contributed by atoms with van der Waals surface area (Å²) in [4.78, 5) is 101. The first kappa shape index (κ1) is 47.3. The van der Waals surface area contributed by atoms with Gasteiger partial charge in [0.25, 0.3) is 11.5 Å². The van der Waals surface area contributed by atoms with E-state index >= 15 is 0 Å². The van der Waals surface area contributed by atoms with Gasteiger partial charge in [0, 0.05) is 84.3 Å². The lowest BCUT2D eigenvalue weighted by Crippen LogP contribution is -2.41. The third kappa shape index (κ3) is 12.9. The highest BCUT2D eigenvalue weighted by Crippen LogP contribution is 2.28. The van der Waals surface area contributed by atoms with Crippen LogP contribution in [0.15, 0.2) is 76.1 Å². The summed E-state index contributed by atoms with van der Waals surface area (Å²) in [7, 11) is 4.60. The van der Waals surface area contributed by atoms with E-state index in [-0.39, 0.29) is 72.5 Å². The van der Waals surface area contributed by atoms with Crippen LogP contribution in [0, 0.1) is 13.8 Å². The van der Waals surface area contributed by atoms with Crippen LogP contribution in [0.4, 0.5) is 11.6 Å². The molecule has 5 heterocycles. The van der Waals surface area contributed by atoms with E-state index in [1.54, 1.807) is 19.2 Å². The van der Waals surface area contributed by atoms with Gasteiger partial charge in [-0.25, -0.2) is 19.8 Å². The van der Waals surface area contributed by atoms with Crippen LogP contribution in [0.5, 0.6) is 0 Å². The number of carboxylic acid groups (broad SMARTS) is 1. The molecule has 1 aromatic carbocycles. The lowest BCUT2D eigenvalue weighted by atomic mass is 10.0. The summed E-state index contributed by atoms with van der Waals surface area (Å²) >= 11 is 0. The minimum atomic E-state index is -1.29. The number of fused-ring (bicyclic) bond motifs is 1. The first-order chi connectivity index (χ1) is 31.3. The van der Waals surface area contributed by atoms with Crippen molar-refractivity contribution in [3.63, 3.8) is 0 Å². The van der Waals surface area contributed by atoms with Gasteiger partial charge in [0.05, 0.1) is 37.0 Å². The number of aliphatic imine (C=N–C) groups is 1. The van der Waals surface area contributed by atoms with E-state index in [1.807, 2.05) is 44.3 Å². The Balaban J connectivity index is 0.825. The van der Waals surface area contributed by atoms with E-state index in [0.29, 0.717) is 58.7 Å². The van der Waals surface area contributed by atoms with Crippen molar-refractivity contribution in [2.75, 3.05) is 42.8 Å². The molecule has 22 heteroatoms. The second-order valence-electron chi connectivity index (χ2n) is 14.6. The highest BCUT2D eigenvalue weighted by molar-refractivity contribution is 8.76. The van der Waals surface area contributed by atoms with Crippen molar-refractivity contribution in [1.29, 1.82) is 0 Å². The first-order valence-corrected chi connectivity index (χ1v) is 22.9. The molecular formula is C43H48N12O8S2. The van der Waals surface area contributed by atoms with Crippen LogP contribution in [0.3, 0.4) is 0 Å². The maximum atomic E-state index is 13.2. The number of nitrogens with zero attached hydrogens (tertiary/aromatic N) is 4. The number of hydrogen-bond acceptors (Lipinski definition) is 15. The number of carboxylic acids is 1. The Morgan fingerprint density at radius 3 is 2.35 bits per heavy atom. The second kappa shape index (κ2) is 22.4. The molecule has 1 aliphatic heterocycles. The fraction of sp³-hybridized carbons (Fsp3) is 0.302. The average Bonchev–Trinajstić information content (AvgIpc) is 4.04. The predicted octanol–water partition coefficient (Wildman–Crippen LogP) is 3.79. The maximum absolute atomic E-state index is 13.2. The molecule has 5 aromatic rings. The number of aromatic amines is 3. The van der Waals surface area contributed by atoms with E-state index in [2.05, 4.69) is 56.2 Å². The highest BCUT2D eigenvalue weighted by atomic mass is 33.1. The molecule has 20 nitrogen and oxygen atoms in total. The molecule has 1 atom stereocenters. The van der Waals surface area contributed by atoms with Gasteiger partial charge >= 0.3 is 5.97 Å². The zero-order valence-electron chi connectivity index (χ0n) is 35.7. The number of methoxy groups -OCH3 is 1. The number of rotatable bonds is 23. The molecular weight excluding hydrogens is 877 g/mol. The molecule has 65 heavy (non-hydrogen) atoms. The third-order valence-corrected chi connectivity index (χ3v) is 12.3. The molecule has 0 unspecified atom stereocenters. The minimum Gasteiger partial charge on any atom is -0.494 e. The molecule has 0 aliphatic carbocycles. The van der Waals surface area contributed by atoms with E-state index in [9.17, 15) is 33.9 Å². The Morgan fingerprint density at radius 2 is 1.68 bits per heavy atom. The monoisotopic (exact) mass is 924 g/mol. The molecule has 3 amide bonds. The number of ketones is 1. The number of hydrogen-bond donors (Lipinski definition) is 9. The number of aryl methyl sites for hydroxylation is 1. The number of H-pyrrole nitrogens is 3. The van der Waals surface area contributed by atoms with Gasteiger partial charge < -0.3 is 46.8 Å². The normalized spacial score (nSPS) is 13.2. The van der Waals surface area contributed by atoms with Crippen molar-refractivity contribution in [3.8, 4) is 0 Å². The van der Waals surface area contributed by atoms with E-state index in [4.69, 9.17) is 10.5 Å². The Labute approximate surface area is 380 Å². The molecule has 1 aliphatic rings. The van der Waals surface area contributed by atoms with Crippen LogP contribution >= 0.6 is 21.6 Å². The molecule has 0 saturated heterocycles. The van der Waals surface area contributed by atoms with Crippen LogP contribution in [-0.4, -0.2) is 108 Å². The topological polar surface area (TPSA) is 304 Å². The molecule has 4 aromatic heterocycles. The van der Waals surface area contributed by atoms with Gasteiger partial charge in [-0.1, -0.05) is 21.6 Å². The SMILES string of the molecule is COC1=CC(c2ccc[nH]2)=N/C1=C\c1[nH]c(C)c(C(=O)CCC(=O)NCCSSCCNC(=O)CC[C@H](NC(=O)c2ccc(NCc3cnc4nc(N)[nH]c(=O)c4n3)cc2)C(=O)O)c1C. The number of nitrogens with one attached hydrogen (secondary N) is 7. The van der Waals surface area contributed by atoms with Crippen molar-refractivity contribution in [2.24, 2.45) is 4.99 Å². The van der Waals surface area contributed by atoms with Crippen LogP contribution in [0.1, 0.15) is 74.7 Å². The molecule has 0 saturated carbocycles. The van der Waals surface area contributed by atoms with E-state index in [1.165, 1.54) is 39.9 Å². The zero-order chi connectivity index (χ0) is 46.5. The summed E-state index contributed by atoms with van der Waals surface area (Å²) in [5, 5.41) is 20.9. The molecule has 340 valence electrons. The molecule has 0 radical (unpaired) electrons. The number of carbonyl (C=O) groups excluding carboxylic acids is 4. The molecule has 6 rings (SSSR count). The fourth-order valence-electron chi connectivity index (χ4n) is 6.66. The number of aromatic nitrogens is 6. The Bertz CT molecular complexity index is 2710. The van der Waals surface area contributed by atoms with Crippen molar-refractivity contribution in [2.45, 2.75) is 52.1 Å². The standard InChI is InChI=1S/C43H48N12O8S2/c1-23-30(19-32-34(63-3)20-31(52-32)28-5-4-14-45-28)50-24(2)37(23)33(56)11-13-36(58)47-16-18-65-64-17-15-46-35(57)12-10-29(42(61)62)53-40(59)25-6-8-26(9-7-25)48-21-27-22-49-39-38(51-27)41(60)55-43(44)54-39/h4-9,14,19-20,22,29,45,48,50H,10-13,15-18,21H2,1-3H3,(H,46,57)(H,47,58)(H,53,59)(H,61,62)(H3,44,49,54,55,60)/b32-19-/t29-/m0/s1. The Kier molecular flexibility index (Phi) is 16.3. The van der Waals surface area contributed by atoms with Gasteiger partial charge in [-0.2, -0.15) is 4.98 Å². The number of Topliss-reactive ketones (excluding diaryl/α,β-unsaturated/α-hetero) is 1. The maximum Gasteiger partial charge on any atom is 0.326 e. The Hall–Kier alpha value is -7.20. The zero-order valence-corrected chi connectivity index (χ0v) is 37.3. The van der Waals surface area contributed by atoms with Crippen molar-refractivity contribution < 1.29 is 33.8 Å². The van der Waals surface area contributed by atoms with Crippen molar-refractivity contribution in [3.05, 3.63) is 116 Å². The van der Waals surface area contributed by atoms with Crippen molar-refractivity contribution in [1.82, 2.24) is 45.9 Å². The quantitative estimate of drug-likeness (QED) is 0.0256. The van der Waals surface area contributed by atoms with Gasteiger partial charge in [-0.05, 0) is 68.3 Å². The average molecular weight is 925 g/mol. The number of aliphatic carboxylic acids is 1. The van der Waals surface area contributed by atoms with Crippen LogP contribution < -0.4 is 32.6 Å². The summed E-state index contributed by atoms with van der Waals surface area (Å²) < 4.78 is 5.53. The summed E-state index contributed by atoms with van der Waals surface area (Å²) in [6.07, 6.45) is 6.86. The number of amides is 3. The molecule has 0 fully saturated rings. The van der Waals surface area contributed by atoms with Crippen LogP contribution in [0.2, 0.25) is 0 Å². The number of anilines is 2. The number of ether oxygens (including phenoxy) is 1. The number of nitrogens with two attached hydrogens (primary N) is 1. The summed E-state index contributed by atoms with van der Waals surface area (Å²) in [6.45, 7) is 4.65. The number of benzene rings is 1. The second-order valence-corrected chi connectivity index (χ2v) is 17.3. The molecule has 10 N–H and O–H groups in total. The van der Waals surface area contributed by atoms with E-state index < -0.39 is 23.5 Å². The van der Waals surface area contributed by atoms with Crippen LogP contribution in [0.25, 0.3) is 17.2 Å². The Morgan fingerprint density at radius 1 is 0.954 bits per heavy atom. The van der Waals surface area contributed by atoms with Gasteiger partial charge in [0.1, 0.15) is 17.5 Å². The number of allylic oxidation sites excluding steroid dienone is 1. The lowest BCUT2D eigenvalue weighted by Gasteiger charge is -2.15. The largest absolute Gasteiger partial charge is 0.494 e. The van der Waals surface area contributed by atoms with Crippen LogP contribution in [-0.2, 0) is 25.7 Å². The van der Waals surface area contributed by atoms with Gasteiger partial charge in [0.15, 0.2) is 16.9 Å².